The van der Waals surface area contributed by atoms with Crippen molar-refractivity contribution in [2.75, 3.05) is 40.5 Å². The van der Waals surface area contributed by atoms with Crippen LogP contribution in [-0.2, 0) is 11.3 Å². The van der Waals surface area contributed by atoms with Crippen molar-refractivity contribution in [1.82, 2.24) is 10.6 Å². The van der Waals surface area contributed by atoms with Gasteiger partial charge in [0.15, 0.2) is 24.1 Å². The van der Waals surface area contributed by atoms with Gasteiger partial charge >= 0.3 is 6.18 Å². The van der Waals surface area contributed by atoms with Gasteiger partial charge in [-0.2, -0.15) is 13.2 Å². The van der Waals surface area contributed by atoms with E-state index in [1.807, 2.05) is 6.92 Å². The SMILES string of the molecule is CCOCCNC(=NC)NCc1ccc(OCC(F)(F)F)c(OC)c1.I. The van der Waals surface area contributed by atoms with Crippen molar-refractivity contribution in [1.29, 1.82) is 0 Å². The molecule has 0 radical (unpaired) electrons. The summed E-state index contributed by atoms with van der Waals surface area (Å²) in [5, 5.41) is 6.18. The lowest BCUT2D eigenvalue weighted by atomic mass is 10.2. The van der Waals surface area contributed by atoms with E-state index < -0.39 is 12.8 Å². The molecule has 26 heavy (non-hydrogen) atoms. The lowest BCUT2D eigenvalue weighted by Gasteiger charge is -2.15. The molecule has 1 aromatic rings. The lowest BCUT2D eigenvalue weighted by Crippen LogP contribution is -2.38. The molecule has 0 aromatic heterocycles. The number of hydrogen-bond donors (Lipinski definition) is 2. The minimum absolute atomic E-state index is 0. The molecule has 0 aliphatic rings. The fourth-order valence-electron chi connectivity index (χ4n) is 1.89. The van der Waals surface area contributed by atoms with E-state index in [-0.39, 0.29) is 35.5 Å². The van der Waals surface area contributed by atoms with Crippen LogP contribution in [0.4, 0.5) is 13.2 Å². The number of nitrogens with zero attached hydrogens (tertiary/aromatic N) is 1. The number of rotatable bonds is 9. The van der Waals surface area contributed by atoms with Crippen LogP contribution >= 0.6 is 24.0 Å². The van der Waals surface area contributed by atoms with Gasteiger partial charge in [-0.05, 0) is 24.6 Å². The van der Waals surface area contributed by atoms with Crippen LogP contribution < -0.4 is 20.1 Å². The van der Waals surface area contributed by atoms with Crippen LogP contribution in [-0.4, -0.2) is 52.7 Å². The predicted molar refractivity (Wildman–Crippen MR) is 105 cm³/mol. The molecule has 1 rings (SSSR count). The highest BCUT2D eigenvalue weighted by Crippen LogP contribution is 2.29. The Kier molecular flexibility index (Phi) is 12.1. The molecule has 0 bridgehead atoms. The summed E-state index contributed by atoms with van der Waals surface area (Å²) in [5.41, 5.74) is 0.809. The number of aliphatic imine (C=N–C) groups is 1. The summed E-state index contributed by atoms with van der Waals surface area (Å²) >= 11 is 0. The van der Waals surface area contributed by atoms with Gasteiger partial charge in [-0.1, -0.05) is 6.07 Å². The largest absolute Gasteiger partial charge is 0.493 e. The topological polar surface area (TPSA) is 64.1 Å². The van der Waals surface area contributed by atoms with Gasteiger partial charge in [0.1, 0.15) is 0 Å². The molecule has 150 valence electrons. The summed E-state index contributed by atoms with van der Waals surface area (Å²) < 4.78 is 51.8. The van der Waals surface area contributed by atoms with Crippen LogP contribution in [0.1, 0.15) is 12.5 Å². The Balaban J connectivity index is 0.00000625. The van der Waals surface area contributed by atoms with Crippen molar-refractivity contribution in [3.8, 4) is 11.5 Å². The van der Waals surface area contributed by atoms with E-state index in [0.29, 0.717) is 32.3 Å². The number of nitrogens with one attached hydrogen (secondary N) is 2. The number of alkyl halides is 3. The maximum absolute atomic E-state index is 12.3. The lowest BCUT2D eigenvalue weighted by molar-refractivity contribution is -0.153. The number of methoxy groups -OCH3 is 1. The zero-order valence-corrected chi connectivity index (χ0v) is 17.3. The molecule has 0 unspecified atom stereocenters. The Labute approximate surface area is 168 Å². The van der Waals surface area contributed by atoms with Crippen molar-refractivity contribution in [2.24, 2.45) is 4.99 Å². The molecule has 0 saturated carbocycles. The second-order valence-corrected chi connectivity index (χ2v) is 4.94. The van der Waals surface area contributed by atoms with Crippen molar-refractivity contribution in [3.05, 3.63) is 23.8 Å². The average molecular weight is 491 g/mol. The minimum Gasteiger partial charge on any atom is -0.493 e. The first-order valence-corrected chi connectivity index (χ1v) is 7.78. The molecule has 0 fully saturated rings. The Hall–Kier alpha value is -1.43. The van der Waals surface area contributed by atoms with E-state index in [1.165, 1.54) is 13.2 Å². The Bertz CT molecular complexity index is 557. The molecule has 0 saturated heterocycles. The third-order valence-corrected chi connectivity index (χ3v) is 3.05. The second-order valence-electron chi connectivity index (χ2n) is 4.94. The van der Waals surface area contributed by atoms with Crippen LogP contribution in [0.3, 0.4) is 0 Å². The maximum Gasteiger partial charge on any atom is 0.422 e. The van der Waals surface area contributed by atoms with Gasteiger partial charge in [-0.25, -0.2) is 0 Å². The number of benzene rings is 1. The van der Waals surface area contributed by atoms with Crippen LogP contribution in [0, 0.1) is 0 Å². The van der Waals surface area contributed by atoms with Crippen LogP contribution in [0.25, 0.3) is 0 Å². The average Bonchev–Trinajstić information content (AvgIpc) is 2.59. The number of ether oxygens (including phenoxy) is 3. The minimum atomic E-state index is -4.40. The molecule has 10 heteroatoms. The molecule has 0 heterocycles. The molecule has 0 atom stereocenters. The summed E-state index contributed by atoms with van der Waals surface area (Å²) in [6.07, 6.45) is -4.40. The van der Waals surface area contributed by atoms with Gasteiger partial charge in [0, 0.05) is 26.7 Å². The van der Waals surface area contributed by atoms with Crippen molar-refractivity contribution >= 4 is 29.9 Å². The summed E-state index contributed by atoms with van der Waals surface area (Å²) in [5.74, 6) is 0.877. The molecule has 0 spiro atoms. The first-order valence-electron chi connectivity index (χ1n) is 7.78. The van der Waals surface area contributed by atoms with Gasteiger partial charge in [0.2, 0.25) is 0 Å². The maximum atomic E-state index is 12.3. The van der Waals surface area contributed by atoms with Crippen LogP contribution in [0.15, 0.2) is 23.2 Å². The summed E-state index contributed by atoms with van der Waals surface area (Å²) in [6, 6.07) is 4.73. The third kappa shape index (κ3) is 9.90. The number of guanidine groups is 1. The summed E-state index contributed by atoms with van der Waals surface area (Å²) in [4.78, 5) is 4.08. The summed E-state index contributed by atoms with van der Waals surface area (Å²) in [7, 11) is 3.02. The quantitative estimate of drug-likeness (QED) is 0.241. The predicted octanol–water partition coefficient (Wildman–Crippen LogP) is 2.96. The molecule has 2 N–H and O–H groups in total. The standard InChI is InChI=1S/C16H24F3N3O3.HI/c1-4-24-8-7-21-15(20-2)22-10-12-5-6-13(14(9-12)23-3)25-11-16(17,18)19;/h5-6,9H,4,7-8,10-11H2,1-3H3,(H2,20,21,22);1H. The van der Waals surface area contributed by atoms with Crippen LogP contribution in [0.5, 0.6) is 11.5 Å². The molecule has 0 aliphatic carbocycles. The van der Waals surface area contributed by atoms with Gasteiger partial charge < -0.3 is 24.8 Å². The monoisotopic (exact) mass is 491 g/mol. The number of hydrogen-bond acceptors (Lipinski definition) is 4. The fraction of sp³-hybridized carbons (Fsp3) is 0.562. The zero-order chi connectivity index (χ0) is 18.7. The third-order valence-electron chi connectivity index (χ3n) is 3.05. The van der Waals surface area contributed by atoms with Crippen LogP contribution in [0.2, 0.25) is 0 Å². The normalized spacial score (nSPS) is 11.5. The first kappa shape index (κ1) is 24.6. The van der Waals surface area contributed by atoms with E-state index >= 15 is 0 Å². The second kappa shape index (κ2) is 12.8. The smallest absolute Gasteiger partial charge is 0.422 e. The fourth-order valence-corrected chi connectivity index (χ4v) is 1.89. The van der Waals surface area contributed by atoms with Gasteiger partial charge in [-0.15, -0.1) is 24.0 Å². The highest BCUT2D eigenvalue weighted by Gasteiger charge is 2.29. The Morgan fingerprint density at radius 3 is 2.50 bits per heavy atom. The van der Waals surface area contributed by atoms with E-state index in [2.05, 4.69) is 15.6 Å². The highest BCUT2D eigenvalue weighted by atomic mass is 127. The van der Waals surface area contributed by atoms with Gasteiger partial charge in [0.05, 0.1) is 13.7 Å². The summed E-state index contributed by atoms with van der Waals surface area (Å²) in [6.45, 7) is 2.80. The first-order chi connectivity index (χ1) is 11.9. The molecular weight excluding hydrogens is 466 g/mol. The Morgan fingerprint density at radius 1 is 1.19 bits per heavy atom. The highest BCUT2D eigenvalue weighted by molar-refractivity contribution is 14.0. The van der Waals surface area contributed by atoms with Crippen molar-refractivity contribution in [3.63, 3.8) is 0 Å². The number of halogens is 4. The zero-order valence-electron chi connectivity index (χ0n) is 15.0. The van der Waals surface area contributed by atoms with Crippen molar-refractivity contribution in [2.45, 2.75) is 19.6 Å². The molecule has 1 aromatic carbocycles. The van der Waals surface area contributed by atoms with Gasteiger partial charge in [0.25, 0.3) is 0 Å². The van der Waals surface area contributed by atoms with Gasteiger partial charge in [-0.3, -0.25) is 4.99 Å². The van der Waals surface area contributed by atoms with E-state index in [1.54, 1.807) is 19.2 Å². The van der Waals surface area contributed by atoms with E-state index in [0.717, 1.165) is 5.56 Å². The van der Waals surface area contributed by atoms with Crippen molar-refractivity contribution < 1.29 is 27.4 Å². The van der Waals surface area contributed by atoms with E-state index in [9.17, 15) is 13.2 Å². The molecular formula is C16H25F3IN3O3. The van der Waals surface area contributed by atoms with E-state index in [4.69, 9.17) is 14.2 Å². The Morgan fingerprint density at radius 2 is 1.92 bits per heavy atom. The molecule has 0 amide bonds. The molecule has 0 aliphatic heterocycles. The molecule has 6 nitrogen and oxygen atoms in total.